The fourth-order valence-electron chi connectivity index (χ4n) is 2.15. The van der Waals surface area contributed by atoms with E-state index >= 15 is 0 Å². The highest BCUT2D eigenvalue weighted by atomic mass is 35.5. The third kappa shape index (κ3) is 4.34. The summed E-state index contributed by atoms with van der Waals surface area (Å²) in [6.45, 7) is 5.66. The lowest BCUT2D eigenvalue weighted by molar-refractivity contribution is 0.202. The number of hydrogen-bond acceptors (Lipinski definition) is 4. The minimum absolute atomic E-state index is 0.0456. The summed E-state index contributed by atoms with van der Waals surface area (Å²) in [5, 5.41) is 9.68. The van der Waals surface area contributed by atoms with Crippen LogP contribution in [0.3, 0.4) is 0 Å². The molecule has 5 heteroatoms. The van der Waals surface area contributed by atoms with Crippen LogP contribution in [0.5, 0.6) is 0 Å². The summed E-state index contributed by atoms with van der Waals surface area (Å²) < 4.78 is 5.17. The first-order valence-electron chi connectivity index (χ1n) is 6.68. The van der Waals surface area contributed by atoms with Crippen LogP contribution in [0.25, 0.3) is 0 Å². The van der Waals surface area contributed by atoms with Gasteiger partial charge in [-0.15, -0.1) is 0 Å². The van der Waals surface area contributed by atoms with E-state index < -0.39 is 0 Å². The van der Waals surface area contributed by atoms with Crippen molar-refractivity contribution >= 4 is 17.4 Å². The lowest BCUT2D eigenvalue weighted by Gasteiger charge is -2.32. The lowest BCUT2D eigenvalue weighted by atomic mass is 10.1. The molecule has 0 aliphatic heterocycles. The van der Waals surface area contributed by atoms with Crippen LogP contribution in [0.4, 0.5) is 5.82 Å². The van der Waals surface area contributed by atoms with Gasteiger partial charge in [0.15, 0.2) is 0 Å². The Labute approximate surface area is 120 Å². The van der Waals surface area contributed by atoms with Crippen LogP contribution < -0.4 is 4.90 Å². The van der Waals surface area contributed by atoms with Crippen molar-refractivity contribution in [2.24, 2.45) is 0 Å². The molecule has 108 valence electrons. The Kier molecular flexibility index (Phi) is 7.13. The molecule has 1 heterocycles. The third-order valence-corrected chi connectivity index (χ3v) is 3.53. The fraction of sp³-hybridized carbons (Fsp3) is 0.643. The molecule has 1 aromatic heterocycles. The second-order valence-electron chi connectivity index (χ2n) is 4.46. The van der Waals surface area contributed by atoms with E-state index in [0.717, 1.165) is 30.8 Å². The maximum Gasteiger partial charge on any atom is 0.147 e. The molecule has 1 N–H and O–H groups in total. The Morgan fingerprint density at radius 3 is 2.58 bits per heavy atom. The molecule has 4 nitrogen and oxygen atoms in total. The van der Waals surface area contributed by atoms with Gasteiger partial charge in [-0.3, -0.25) is 0 Å². The number of halogens is 1. The molecule has 1 rings (SSSR count). The van der Waals surface area contributed by atoms with Crippen LogP contribution in [0.15, 0.2) is 12.3 Å². The van der Waals surface area contributed by atoms with Crippen LogP contribution in [0, 0.1) is 0 Å². The van der Waals surface area contributed by atoms with Gasteiger partial charge >= 0.3 is 0 Å². The minimum Gasteiger partial charge on any atom is -0.392 e. The van der Waals surface area contributed by atoms with Crippen LogP contribution in [-0.4, -0.2) is 36.4 Å². The Morgan fingerprint density at radius 1 is 1.42 bits per heavy atom. The van der Waals surface area contributed by atoms with Crippen LogP contribution in [0.1, 0.15) is 32.3 Å². The van der Waals surface area contributed by atoms with Crippen molar-refractivity contribution in [2.45, 2.75) is 39.3 Å². The van der Waals surface area contributed by atoms with Crippen molar-refractivity contribution in [1.29, 1.82) is 0 Å². The van der Waals surface area contributed by atoms with Gasteiger partial charge in [0.1, 0.15) is 5.82 Å². The molecule has 0 aliphatic rings. The average molecular weight is 287 g/mol. The number of aliphatic hydroxyl groups is 1. The predicted molar refractivity (Wildman–Crippen MR) is 78.8 cm³/mol. The molecule has 0 aliphatic carbocycles. The Balaban J connectivity index is 3.01. The van der Waals surface area contributed by atoms with Crippen molar-refractivity contribution in [3.8, 4) is 0 Å². The largest absolute Gasteiger partial charge is 0.392 e. The second kappa shape index (κ2) is 8.35. The molecule has 0 saturated heterocycles. The van der Waals surface area contributed by atoms with E-state index in [0.29, 0.717) is 17.7 Å². The summed E-state index contributed by atoms with van der Waals surface area (Å²) >= 11 is 6.28. The first-order valence-corrected chi connectivity index (χ1v) is 7.06. The van der Waals surface area contributed by atoms with Gasteiger partial charge in [-0.25, -0.2) is 4.98 Å². The number of hydrogen-bond donors (Lipinski definition) is 1. The molecule has 0 fully saturated rings. The van der Waals surface area contributed by atoms with Crippen molar-refractivity contribution in [2.75, 3.05) is 25.2 Å². The molecule has 19 heavy (non-hydrogen) atoms. The Hall–Kier alpha value is -0.840. The zero-order valence-electron chi connectivity index (χ0n) is 11.9. The first-order chi connectivity index (χ1) is 9.17. The average Bonchev–Trinajstić information content (AvgIpc) is 2.44. The van der Waals surface area contributed by atoms with E-state index in [9.17, 15) is 0 Å². The van der Waals surface area contributed by atoms with Gasteiger partial charge in [0.25, 0.3) is 0 Å². The van der Waals surface area contributed by atoms with Gasteiger partial charge in [-0.05, 0) is 24.5 Å². The molecule has 0 aromatic carbocycles. The topological polar surface area (TPSA) is 45.6 Å². The number of ether oxygens (including phenoxy) is 1. The van der Waals surface area contributed by atoms with E-state index in [-0.39, 0.29) is 6.61 Å². The molecule has 0 amide bonds. The van der Waals surface area contributed by atoms with Gasteiger partial charge in [-0.1, -0.05) is 25.4 Å². The second-order valence-corrected chi connectivity index (χ2v) is 4.87. The summed E-state index contributed by atoms with van der Waals surface area (Å²) in [5.74, 6) is 0.768. The van der Waals surface area contributed by atoms with Gasteiger partial charge < -0.3 is 14.7 Å². The van der Waals surface area contributed by atoms with Gasteiger partial charge in [-0.2, -0.15) is 0 Å². The molecular formula is C14H23ClN2O2. The highest BCUT2D eigenvalue weighted by Crippen LogP contribution is 2.27. The van der Waals surface area contributed by atoms with E-state index in [1.54, 1.807) is 19.4 Å². The van der Waals surface area contributed by atoms with Crippen molar-refractivity contribution in [3.05, 3.63) is 22.8 Å². The minimum atomic E-state index is -0.0456. The summed E-state index contributed by atoms with van der Waals surface area (Å²) in [6.07, 6.45) is 3.73. The van der Waals surface area contributed by atoms with Crippen LogP contribution in [-0.2, 0) is 11.3 Å². The monoisotopic (exact) mass is 286 g/mol. The summed E-state index contributed by atoms with van der Waals surface area (Å²) in [7, 11) is 1.69. The maximum atomic E-state index is 9.10. The first kappa shape index (κ1) is 16.2. The van der Waals surface area contributed by atoms with Crippen molar-refractivity contribution in [3.63, 3.8) is 0 Å². The van der Waals surface area contributed by atoms with E-state index in [1.165, 1.54) is 0 Å². The van der Waals surface area contributed by atoms with Gasteiger partial charge in [0.05, 0.1) is 18.2 Å². The number of aromatic nitrogens is 1. The van der Waals surface area contributed by atoms with Crippen LogP contribution >= 0.6 is 11.6 Å². The number of rotatable bonds is 8. The molecule has 1 aromatic rings. The SMILES string of the molecule is CCC(CC)N(CCOC)c1ncc(CO)cc1Cl. The molecule has 0 bridgehead atoms. The molecule has 0 saturated carbocycles. The fourth-order valence-corrected chi connectivity index (χ4v) is 2.45. The standard InChI is InChI=1S/C14H23ClN2O2/c1-4-12(5-2)17(6-7-19-3)14-13(15)8-11(10-18)9-16-14/h8-9,12,18H,4-7,10H2,1-3H3. The molecule has 0 radical (unpaired) electrons. The van der Waals surface area contributed by atoms with Crippen molar-refractivity contribution in [1.82, 2.24) is 4.98 Å². The summed E-state index contributed by atoms with van der Waals surface area (Å²) in [6, 6.07) is 2.16. The van der Waals surface area contributed by atoms with Gasteiger partial charge in [0, 0.05) is 25.9 Å². The summed E-state index contributed by atoms with van der Waals surface area (Å²) in [4.78, 5) is 6.59. The molecular weight excluding hydrogens is 264 g/mol. The van der Waals surface area contributed by atoms with Gasteiger partial charge in [0.2, 0.25) is 0 Å². The number of nitrogens with zero attached hydrogens (tertiary/aromatic N) is 2. The lowest BCUT2D eigenvalue weighted by Crippen LogP contribution is -2.38. The smallest absolute Gasteiger partial charge is 0.147 e. The number of pyridine rings is 1. The van der Waals surface area contributed by atoms with E-state index in [4.69, 9.17) is 21.4 Å². The predicted octanol–water partition coefficient (Wildman–Crippen LogP) is 2.87. The molecule has 0 atom stereocenters. The molecule has 0 spiro atoms. The number of anilines is 1. The number of methoxy groups -OCH3 is 1. The summed E-state index contributed by atoms with van der Waals surface area (Å²) in [5.41, 5.74) is 0.727. The number of aliphatic hydroxyl groups excluding tert-OH is 1. The zero-order chi connectivity index (χ0) is 14.3. The zero-order valence-corrected chi connectivity index (χ0v) is 12.7. The highest BCUT2D eigenvalue weighted by molar-refractivity contribution is 6.33. The molecule has 0 unspecified atom stereocenters. The maximum absolute atomic E-state index is 9.10. The highest BCUT2D eigenvalue weighted by Gasteiger charge is 2.19. The van der Waals surface area contributed by atoms with Crippen LogP contribution in [0.2, 0.25) is 5.02 Å². The quantitative estimate of drug-likeness (QED) is 0.798. The van der Waals surface area contributed by atoms with Crippen molar-refractivity contribution < 1.29 is 9.84 Å². The Bertz CT molecular complexity index is 384. The van der Waals surface area contributed by atoms with E-state index in [1.807, 2.05) is 0 Å². The van der Waals surface area contributed by atoms with E-state index in [2.05, 4.69) is 23.7 Å². The Morgan fingerprint density at radius 2 is 2.11 bits per heavy atom. The third-order valence-electron chi connectivity index (χ3n) is 3.25. The normalized spacial score (nSPS) is 11.1.